The molecule has 0 N–H and O–H groups in total. The maximum Gasteiger partial charge on any atom is 0.240 e. The van der Waals surface area contributed by atoms with Gasteiger partial charge in [0.05, 0.1) is 12.1 Å². The molecule has 4 aromatic rings. The van der Waals surface area contributed by atoms with Crippen LogP contribution in [0.4, 0.5) is 4.39 Å². The largest absolute Gasteiger partial charge is 0.333 e. The molecule has 1 aliphatic heterocycles. The van der Waals surface area contributed by atoms with Gasteiger partial charge in [-0.2, -0.15) is 0 Å². The molecule has 39 heavy (non-hydrogen) atoms. The van der Waals surface area contributed by atoms with Crippen LogP contribution in [-0.2, 0) is 30.6 Å². The number of hydrogen-bond donors (Lipinski definition) is 0. The Balaban J connectivity index is 1.36. The molecule has 2 aliphatic rings. The quantitative estimate of drug-likeness (QED) is 0.285. The van der Waals surface area contributed by atoms with Gasteiger partial charge in [-0.3, -0.25) is 9.69 Å². The summed E-state index contributed by atoms with van der Waals surface area (Å²) >= 11 is 0. The molecule has 4 aromatic carbocycles. The van der Waals surface area contributed by atoms with Crippen molar-refractivity contribution in [1.29, 1.82) is 0 Å². The van der Waals surface area contributed by atoms with E-state index in [0.717, 1.165) is 25.8 Å². The second-order valence-electron chi connectivity index (χ2n) is 11.0. The summed E-state index contributed by atoms with van der Waals surface area (Å²) in [6, 6.07) is 32.0. The smallest absolute Gasteiger partial charge is 0.240 e. The van der Waals surface area contributed by atoms with E-state index >= 15 is 0 Å². The van der Waals surface area contributed by atoms with E-state index in [0.29, 0.717) is 5.56 Å². The Morgan fingerprint density at radius 3 is 2.13 bits per heavy atom. The lowest BCUT2D eigenvalue weighted by Crippen LogP contribution is -2.53. The van der Waals surface area contributed by atoms with E-state index in [2.05, 4.69) is 84.6 Å². The minimum absolute atomic E-state index is 0.00550. The molecule has 0 spiro atoms. The summed E-state index contributed by atoms with van der Waals surface area (Å²) in [6.07, 6.45) is 2.50. The second kappa shape index (κ2) is 10.8. The number of amides is 1. The van der Waals surface area contributed by atoms with Crippen molar-refractivity contribution in [3.8, 4) is 0 Å². The number of rotatable bonds is 6. The maximum absolute atomic E-state index is 14.9. The van der Waals surface area contributed by atoms with E-state index in [9.17, 15) is 9.18 Å². The molecular weight excluding hydrogens is 483 g/mol. The number of carbonyl (C=O) groups excluding carboxylic acids is 1. The van der Waals surface area contributed by atoms with Crippen molar-refractivity contribution < 1.29 is 9.18 Å². The van der Waals surface area contributed by atoms with Crippen LogP contribution in [-0.4, -0.2) is 34.3 Å². The highest BCUT2D eigenvalue weighted by Gasteiger charge is 2.39. The number of halogens is 1. The van der Waals surface area contributed by atoms with E-state index in [4.69, 9.17) is 0 Å². The first-order chi connectivity index (χ1) is 19.0. The van der Waals surface area contributed by atoms with E-state index < -0.39 is 0 Å². The van der Waals surface area contributed by atoms with E-state index in [1.165, 1.54) is 39.4 Å². The number of benzene rings is 4. The van der Waals surface area contributed by atoms with Gasteiger partial charge in [0.25, 0.3) is 0 Å². The van der Waals surface area contributed by atoms with Crippen molar-refractivity contribution in [3.05, 3.63) is 142 Å². The highest BCUT2D eigenvalue weighted by atomic mass is 19.1. The lowest BCUT2D eigenvalue weighted by atomic mass is 9.85. The SMILES string of the molecule is Cc1ccccc1[C@H]1c2ccccc2CCN1C(C)C(=O)N(Cc1ccccc1F)C1Cc2ccccc2C1. The van der Waals surface area contributed by atoms with Gasteiger partial charge in [0.15, 0.2) is 0 Å². The van der Waals surface area contributed by atoms with E-state index in [1.807, 2.05) is 17.9 Å². The lowest BCUT2D eigenvalue weighted by Gasteiger charge is -2.43. The lowest BCUT2D eigenvalue weighted by molar-refractivity contribution is -0.140. The van der Waals surface area contributed by atoms with Crippen molar-refractivity contribution in [2.75, 3.05) is 6.54 Å². The van der Waals surface area contributed by atoms with Gasteiger partial charge in [-0.25, -0.2) is 4.39 Å². The summed E-state index contributed by atoms with van der Waals surface area (Å²) in [5.74, 6) is -0.197. The summed E-state index contributed by atoms with van der Waals surface area (Å²) in [6.45, 7) is 5.25. The summed E-state index contributed by atoms with van der Waals surface area (Å²) in [7, 11) is 0. The topological polar surface area (TPSA) is 23.6 Å². The van der Waals surface area contributed by atoms with Crippen molar-refractivity contribution >= 4 is 5.91 Å². The Bertz CT molecular complexity index is 1470. The van der Waals surface area contributed by atoms with Gasteiger partial charge >= 0.3 is 0 Å². The van der Waals surface area contributed by atoms with Crippen LogP contribution in [0.15, 0.2) is 97.1 Å². The molecule has 0 radical (unpaired) electrons. The fraction of sp³-hybridized carbons (Fsp3) is 0.286. The van der Waals surface area contributed by atoms with Gasteiger partial charge in [-0.15, -0.1) is 0 Å². The Morgan fingerprint density at radius 1 is 0.846 bits per heavy atom. The van der Waals surface area contributed by atoms with Crippen molar-refractivity contribution in [3.63, 3.8) is 0 Å². The van der Waals surface area contributed by atoms with Gasteiger partial charge in [-0.05, 0) is 72.6 Å². The minimum atomic E-state index is -0.363. The molecule has 4 heteroatoms. The minimum Gasteiger partial charge on any atom is -0.333 e. The van der Waals surface area contributed by atoms with Crippen molar-refractivity contribution in [2.45, 2.75) is 57.8 Å². The number of aryl methyl sites for hydroxylation is 1. The number of carbonyl (C=O) groups is 1. The van der Waals surface area contributed by atoms with Crippen LogP contribution in [0.2, 0.25) is 0 Å². The van der Waals surface area contributed by atoms with Crippen LogP contribution in [0, 0.1) is 12.7 Å². The Hall–Kier alpha value is -3.76. The molecule has 1 heterocycles. The van der Waals surface area contributed by atoms with Gasteiger partial charge in [0.1, 0.15) is 5.82 Å². The summed E-state index contributed by atoms with van der Waals surface area (Å²) in [5.41, 5.74) is 8.20. The van der Waals surface area contributed by atoms with E-state index in [1.54, 1.807) is 12.1 Å². The Morgan fingerprint density at radius 2 is 1.44 bits per heavy atom. The summed E-state index contributed by atoms with van der Waals surface area (Å²) in [5, 5.41) is 0. The Labute approximate surface area is 230 Å². The first kappa shape index (κ1) is 25.5. The second-order valence-corrected chi connectivity index (χ2v) is 11.0. The molecule has 0 aromatic heterocycles. The van der Waals surface area contributed by atoms with Crippen LogP contribution >= 0.6 is 0 Å². The predicted molar refractivity (Wildman–Crippen MR) is 154 cm³/mol. The number of hydrogen-bond acceptors (Lipinski definition) is 2. The summed E-state index contributed by atoms with van der Waals surface area (Å²) in [4.78, 5) is 18.9. The van der Waals surface area contributed by atoms with Crippen molar-refractivity contribution in [1.82, 2.24) is 9.80 Å². The molecule has 0 saturated carbocycles. The molecule has 1 aliphatic carbocycles. The first-order valence-electron chi connectivity index (χ1n) is 14.0. The third-order valence-corrected chi connectivity index (χ3v) is 8.71. The van der Waals surface area contributed by atoms with Crippen LogP contribution in [0.5, 0.6) is 0 Å². The fourth-order valence-corrected chi connectivity index (χ4v) is 6.58. The van der Waals surface area contributed by atoms with Gasteiger partial charge in [0.2, 0.25) is 5.91 Å². The normalized spacial score (nSPS) is 17.9. The Kier molecular flexibility index (Phi) is 7.05. The number of fused-ring (bicyclic) bond motifs is 2. The third kappa shape index (κ3) is 4.90. The van der Waals surface area contributed by atoms with Gasteiger partial charge < -0.3 is 4.90 Å². The maximum atomic E-state index is 14.9. The molecule has 198 valence electrons. The average Bonchev–Trinajstić information content (AvgIpc) is 3.40. The zero-order valence-corrected chi connectivity index (χ0v) is 22.7. The van der Waals surface area contributed by atoms with Crippen molar-refractivity contribution in [2.24, 2.45) is 0 Å². The zero-order valence-electron chi connectivity index (χ0n) is 22.7. The number of nitrogens with zero attached hydrogens (tertiary/aromatic N) is 2. The molecular formula is C35H35FN2O. The molecule has 0 saturated heterocycles. The zero-order chi connectivity index (χ0) is 26.9. The standard InChI is InChI=1S/C35H35FN2O/c1-24-11-3-8-16-31(24)34-32-17-9-6-12-26(32)19-20-37(34)25(2)35(39)38(23-29-15-7-10-18-33(29)36)30-21-27-13-4-5-14-28(27)22-30/h3-18,25,30,34H,19-23H2,1-2H3/t25?,34-/m0/s1. The molecule has 3 nitrogen and oxygen atoms in total. The van der Waals surface area contributed by atoms with Crippen LogP contribution in [0.1, 0.15) is 51.9 Å². The van der Waals surface area contributed by atoms with Gasteiger partial charge in [-0.1, -0.05) is 91.0 Å². The first-order valence-corrected chi connectivity index (χ1v) is 14.0. The fourth-order valence-electron chi connectivity index (χ4n) is 6.58. The highest BCUT2D eigenvalue weighted by Crippen LogP contribution is 2.38. The molecule has 1 amide bonds. The predicted octanol–water partition coefficient (Wildman–Crippen LogP) is 6.67. The molecule has 6 rings (SSSR count). The highest BCUT2D eigenvalue weighted by molar-refractivity contribution is 5.82. The molecule has 0 fully saturated rings. The van der Waals surface area contributed by atoms with Crippen LogP contribution in [0.25, 0.3) is 0 Å². The van der Waals surface area contributed by atoms with E-state index in [-0.39, 0.29) is 36.4 Å². The monoisotopic (exact) mass is 518 g/mol. The van der Waals surface area contributed by atoms with Crippen LogP contribution < -0.4 is 0 Å². The summed E-state index contributed by atoms with van der Waals surface area (Å²) < 4.78 is 14.9. The average molecular weight is 519 g/mol. The molecule has 0 bridgehead atoms. The molecule has 1 unspecified atom stereocenters. The van der Waals surface area contributed by atoms with Gasteiger partial charge in [0, 0.05) is 24.7 Å². The third-order valence-electron chi connectivity index (χ3n) is 8.71. The van der Waals surface area contributed by atoms with Crippen LogP contribution in [0.3, 0.4) is 0 Å². The molecule has 2 atom stereocenters.